The number of thiocarbonyl (C=S) groups is 1. The van der Waals surface area contributed by atoms with Crippen LogP contribution >= 0.6 is 69.6 Å². The molecule has 0 bridgehead atoms. The molecule has 1 unspecified atom stereocenters. The lowest BCUT2D eigenvalue weighted by atomic mass is 10.2. The van der Waals surface area contributed by atoms with Gasteiger partial charge < -0.3 is 16.0 Å². The van der Waals surface area contributed by atoms with Crippen LogP contribution in [0.2, 0.25) is 0 Å². The minimum atomic E-state index is -1.96. The number of carbonyl (C=O) groups excluding carboxylic acids is 1. The molecule has 0 radical (unpaired) electrons. The number of nitrogens with zero attached hydrogens (tertiary/aromatic N) is 1. The SMILES string of the molecule is Cc1cc(I)ccc1NC(=S)NC(NC(=O)c1cccc([N+](=O)[O-])c1)C(Cl)(Cl)Cl. The molecule has 12 heteroatoms. The van der Waals surface area contributed by atoms with Gasteiger partial charge >= 0.3 is 0 Å². The number of hydrogen-bond acceptors (Lipinski definition) is 4. The van der Waals surface area contributed by atoms with Crippen LogP contribution in [0, 0.1) is 20.6 Å². The van der Waals surface area contributed by atoms with Crippen LogP contribution in [0.3, 0.4) is 0 Å². The molecule has 0 heterocycles. The Bertz CT molecular complexity index is 956. The summed E-state index contributed by atoms with van der Waals surface area (Å²) in [4.78, 5) is 22.8. The molecule has 0 aromatic heterocycles. The first-order chi connectivity index (χ1) is 13.5. The lowest BCUT2D eigenvalue weighted by Gasteiger charge is -2.28. The first kappa shape index (κ1) is 23.9. The summed E-state index contributed by atoms with van der Waals surface area (Å²) in [5.74, 6) is -0.675. The number of nitrogens with one attached hydrogen (secondary N) is 3. The third kappa shape index (κ3) is 7.10. The summed E-state index contributed by atoms with van der Waals surface area (Å²) in [6, 6.07) is 10.9. The van der Waals surface area contributed by atoms with Crippen molar-refractivity contribution in [3.8, 4) is 0 Å². The van der Waals surface area contributed by atoms with Gasteiger partial charge in [-0.25, -0.2) is 0 Å². The average molecular weight is 588 g/mol. The first-order valence-corrected chi connectivity index (χ1v) is 10.5. The Morgan fingerprint density at radius 3 is 2.48 bits per heavy atom. The molecule has 0 saturated heterocycles. The Morgan fingerprint density at radius 2 is 1.90 bits per heavy atom. The van der Waals surface area contributed by atoms with Gasteiger partial charge in [0, 0.05) is 27.0 Å². The molecule has 3 N–H and O–H groups in total. The number of alkyl halides is 3. The van der Waals surface area contributed by atoms with Gasteiger partial charge in [-0.2, -0.15) is 0 Å². The summed E-state index contributed by atoms with van der Waals surface area (Å²) in [6.45, 7) is 1.91. The fourth-order valence-electron chi connectivity index (χ4n) is 2.23. The largest absolute Gasteiger partial charge is 0.339 e. The highest BCUT2D eigenvalue weighted by Gasteiger charge is 2.35. The van der Waals surface area contributed by atoms with E-state index in [0.29, 0.717) is 0 Å². The summed E-state index contributed by atoms with van der Waals surface area (Å²) in [7, 11) is 0. The zero-order valence-electron chi connectivity index (χ0n) is 14.7. The van der Waals surface area contributed by atoms with Crippen molar-refractivity contribution in [1.29, 1.82) is 0 Å². The number of nitro benzene ring substituents is 1. The minimum Gasteiger partial charge on any atom is -0.339 e. The van der Waals surface area contributed by atoms with Gasteiger partial charge in [0.2, 0.25) is 3.79 Å². The maximum atomic E-state index is 12.5. The molecule has 7 nitrogen and oxygen atoms in total. The number of amides is 1. The molecule has 1 atom stereocenters. The molecule has 0 saturated carbocycles. The third-order valence-electron chi connectivity index (χ3n) is 3.63. The topological polar surface area (TPSA) is 96.3 Å². The predicted octanol–water partition coefficient (Wildman–Crippen LogP) is 4.92. The second-order valence-corrected chi connectivity index (χ2v) is 9.84. The first-order valence-electron chi connectivity index (χ1n) is 7.93. The van der Waals surface area contributed by atoms with Crippen LogP contribution in [-0.4, -0.2) is 25.9 Å². The maximum Gasteiger partial charge on any atom is 0.270 e. The Hall–Kier alpha value is -1.40. The zero-order valence-corrected chi connectivity index (χ0v) is 20.0. The van der Waals surface area contributed by atoms with Gasteiger partial charge in [0.15, 0.2) is 5.11 Å². The quantitative estimate of drug-likeness (QED) is 0.115. The van der Waals surface area contributed by atoms with Crippen molar-refractivity contribution in [3.63, 3.8) is 0 Å². The van der Waals surface area contributed by atoms with Gasteiger partial charge in [-0.1, -0.05) is 40.9 Å². The van der Waals surface area contributed by atoms with Crippen molar-refractivity contribution in [2.45, 2.75) is 16.9 Å². The zero-order chi connectivity index (χ0) is 21.8. The van der Waals surface area contributed by atoms with Crippen molar-refractivity contribution in [3.05, 3.63) is 67.3 Å². The lowest BCUT2D eigenvalue weighted by molar-refractivity contribution is -0.384. The van der Waals surface area contributed by atoms with E-state index in [4.69, 9.17) is 47.0 Å². The molecule has 0 aliphatic heterocycles. The molecule has 1 amide bonds. The van der Waals surface area contributed by atoms with E-state index in [9.17, 15) is 14.9 Å². The van der Waals surface area contributed by atoms with Crippen molar-refractivity contribution in [2.75, 3.05) is 5.32 Å². The summed E-state index contributed by atoms with van der Waals surface area (Å²) >= 11 is 25.4. The monoisotopic (exact) mass is 586 g/mol. The van der Waals surface area contributed by atoms with Gasteiger partial charge in [-0.3, -0.25) is 14.9 Å². The normalized spacial score (nSPS) is 12.0. The highest BCUT2D eigenvalue weighted by Crippen LogP contribution is 2.29. The average Bonchev–Trinajstić information content (AvgIpc) is 2.62. The van der Waals surface area contributed by atoms with Gasteiger partial charge in [-0.05, 0) is 71.6 Å². The van der Waals surface area contributed by atoms with Crippen molar-refractivity contribution >= 4 is 92.0 Å². The summed E-state index contributed by atoms with van der Waals surface area (Å²) in [5.41, 5.74) is 1.50. The number of benzene rings is 2. The summed E-state index contributed by atoms with van der Waals surface area (Å²) in [6.07, 6.45) is -1.21. The predicted molar refractivity (Wildman–Crippen MR) is 128 cm³/mol. The van der Waals surface area contributed by atoms with Crippen molar-refractivity contribution < 1.29 is 9.72 Å². The number of carbonyl (C=O) groups is 1. The molecule has 2 aromatic rings. The van der Waals surface area contributed by atoms with Crippen LogP contribution in [0.15, 0.2) is 42.5 Å². The smallest absolute Gasteiger partial charge is 0.270 e. The Morgan fingerprint density at radius 1 is 1.21 bits per heavy atom. The molecule has 2 rings (SSSR count). The molecular weight excluding hydrogens is 574 g/mol. The van der Waals surface area contributed by atoms with Gasteiger partial charge in [0.25, 0.3) is 11.6 Å². The van der Waals surface area contributed by atoms with E-state index >= 15 is 0 Å². The van der Waals surface area contributed by atoms with E-state index in [0.717, 1.165) is 20.9 Å². The molecular formula is C17H14Cl3IN4O3S. The second-order valence-electron chi connectivity index (χ2n) is 5.81. The Labute approximate surface area is 200 Å². The molecule has 0 aliphatic carbocycles. The van der Waals surface area contributed by atoms with E-state index in [1.165, 1.54) is 18.2 Å². The third-order valence-corrected chi connectivity index (χ3v) is 5.18. The number of non-ortho nitro benzene ring substituents is 1. The van der Waals surface area contributed by atoms with E-state index in [2.05, 4.69) is 38.5 Å². The van der Waals surface area contributed by atoms with Crippen LogP contribution in [0.4, 0.5) is 11.4 Å². The number of nitro groups is 1. The molecule has 154 valence electrons. The molecule has 0 aliphatic rings. The van der Waals surface area contributed by atoms with Crippen LogP contribution in [0.25, 0.3) is 0 Å². The second kappa shape index (κ2) is 10.1. The number of aryl methyl sites for hydroxylation is 1. The van der Waals surface area contributed by atoms with Gasteiger partial charge in [0.1, 0.15) is 6.17 Å². The molecule has 2 aromatic carbocycles. The summed E-state index contributed by atoms with van der Waals surface area (Å²) < 4.78 is -0.892. The van der Waals surface area contributed by atoms with Crippen LogP contribution in [-0.2, 0) is 0 Å². The highest BCUT2D eigenvalue weighted by atomic mass is 127. The molecule has 0 spiro atoms. The highest BCUT2D eigenvalue weighted by molar-refractivity contribution is 14.1. The van der Waals surface area contributed by atoms with E-state index in [1.807, 2.05) is 25.1 Å². The number of anilines is 1. The van der Waals surface area contributed by atoms with Crippen molar-refractivity contribution in [1.82, 2.24) is 10.6 Å². The molecule has 0 fully saturated rings. The minimum absolute atomic E-state index is 0.0348. The fraction of sp³-hybridized carbons (Fsp3) is 0.176. The van der Waals surface area contributed by atoms with Crippen LogP contribution in [0.1, 0.15) is 15.9 Å². The fourth-order valence-corrected chi connectivity index (χ4v) is 3.43. The van der Waals surface area contributed by atoms with E-state index in [1.54, 1.807) is 0 Å². The van der Waals surface area contributed by atoms with Gasteiger partial charge in [0.05, 0.1) is 4.92 Å². The maximum absolute atomic E-state index is 12.5. The van der Waals surface area contributed by atoms with Crippen LogP contribution in [0.5, 0.6) is 0 Å². The van der Waals surface area contributed by atoms with Crippen LogP contribution < -0.4 is 16.0 Å². The molecule has 29 heavy (non-hydrogen) atoms. The summed E-state index contributed by atoms with van der Waals surface area (Å²) in [5, 5.41) is 19.2. The van der Waals surface area contributed by atoms with E-state index < -0.39 is 20.8 Å². The number of hydrogen-bond donors (Lipinski definition) is 3. The number of halogens is 4. The Kier molecular flexibility index (Phi) is 8.29. The van der Waals surface area contributed by atoms with E-state index in [-0.39, 0.29) is 16.4 Å². The Balaban J connectivity index is 2.13. The lowest BCUT2D eigenvalue weighted by Crippen LogP contribution is -2.56. The van der Waals surface area contributed by atoms with Crippen molar-refractivity contribution in [2.24, 2.45) is 0 Å². The standard InChI is InChI=1S/C17H14Cl3IN4O3S/c1-9-7-11(21)5-6-13(9)22-16(29)24-15(17(18,19)20)23-14(26)10-3-2-4-12(8-10)25(27)28/h2-8,15H,1H3,(H,23,26)(H2,22,24,29). The van der Waals surface area contributed by atoms with Gasteiger partial charge in [-0.15, -0.1) is 0 Å². The number of rotatable bonds is 5.